The van der Waals surface area contributed by atoms with Gasteiger partial charge >= 0.3 is 5.97 Å². The summed E-state index contributed by atoms with van der Waals surface area (Å²) in [6.45, 7) is 0.558. The lowest BCUT2D eigenvalue weighted by Crippen LogP contribution is -2.35. The van der Waals surface area contributed by atoms with E-state index < -0.39 is 11.9 Å². The number of carboxylic acid groups (broad SMARTS) is 1. The number of carboxylic acids is 1. The number of hydrogen-bond donors (Lipinski definition) is 2. The molecule has 0 radical (unpaired) electrons. The van der Waals surface area contributed by atoms with E-state index in [2.05, 4.69) is 5.32 Å². The van der Waals surface area contributed by atoms with Crippen LogP contribution in [0.2, 0.25) is 0 Å². The number of benzene rings is 1. The topological polar surface area (TPSA) is 84.9 Å². The molecule has 1 heterocycles. The molecule has 1 fully saturated rings. The van der Waals surface area contributed by atoms with Gasteiger partial charge in [-0.1, -0.05) is 18.6 Å². The van der Waals surface area contributed by atoms with E-state index in [1.165, 1.54) is 0 Å². The highest BCUT2D eigenvalue weighted by atomic mass is 16.7. The summed E-state index contributed by atoms with van der Waals surface area (Å²) in [5.74, 6) is -0.136. The van der Waals surface area contributed by atoms with Crippen molar-refractivity contribution in [3.05, 3.63) is 23.8 Å². The Balaban J connectivity index is 1.59. The minimum atomic E-state index is -0.802. The van der Waals surface area contributed by atoms with Crippen molar-refractivity contribution < 1.29 is 24.2 Å². The summed E-state index contributed by atoms with van der Waals surface area (Å²) in [6.07, 6.45) is 2.62. The molecule has 6 nitrogen and oxygen atoms in total. The molecule has 3 rings (SSSR count). The Bertz CT molecular complexity index is 586. The molecule has 1 aromatic rings. The Morgan fingerprint density at radius 1 is 1.23 bits per heavy atom. The van der Waals surface area contributed by atoms with Gasteiger partial charge in [-0.3, -0.25) is 9.59 Å². The van der Waals surface area contributed by atoms with Crippen LogP contribution in [0.4, 0.5) is 0 Å². The maximum atomic E-state index is 12.3. The Morgan fingerprint density at radius 2 is 2.05 bits per heavy atom. The second-order valence-electron chi connectivity index (χ2n) is 5.77. The van der Waals surface area contributed by atoms with Crippen LogP contribution in [0, 0.1) is 11.8 Å². The molecule has 2 N–H and O–H groups in total. The summed E-state index contributed by atoms with van der Waals surface area (Å²) in [5, 5.41) is 12.0. The van der Waals surface area contributed by atoms with Gasteiger partial charge in [0.15, 0.2) is 11.5 Å². The highest BCUT2D eigenvalue weighted by Gasteiger charge is 2.31. The lowest BCUT2D eigenvalue weighted by molar-refractivity contribution is -0.144. The van der Waals surface area contributed by atoms with Gasteiger partial charge < -0.3 is 19.9 Å². The first kappa shape index (κ1) is 14.7. The summed E-state index contributed by atoms with van der Waals surface area (Å²) >= 11 is 0. The van der Waals surface area contributed by atoms with Crippen LogP contribution < -0.4 is 14.8 Å². The molecule has 22 heavy (non-hydrogen) atoms. The van der Waals surface area contributed by atoms with Crippen molar-refractivity contribution in [2.45, 2.75) is 32.2 Å². The maximum absolute atomic E-state index is 12.3. The van der Waals surface area contributed by atoms with E-state index in [1.54, 1.807) is 0 Å². The van der Waals surface area contributed by atoms with Crippen LogP contribution in [0.5, 0.6) is 11.5 Å². The number of carbonyl (C=O) groups excluding carboxylic acids is 1. The van der Waals surface area contributed by atoms with Crippen LogP contribution in [-0.2, 0) is 16.1 Å². The number of aliphatic carboxylic acids is 1. The molecule has 2 aliphatic rings. The average Bonchev–Trinajstić information content (AvgIpc) is 3.01. The first-order valence-electron chi connectivity index (χ1n) is 7.53. The average molecular weight is 305 g/mol. The zero-order chi connectivity index (χ0) is 15.5. The fourth-order valence-corrected chi connectivity index (χ4v) is 3.11. The zero-order valence-electron chi connectivity index (χ0n) is 12.2. The van der Waals surface area contributed by atoms with Gasteiger partial charge in [-0.25, -0.2) is 0 Å². The maximum Gasteiger partial charge on any atom is 0.306 e. The molecule has 1 aliphatic heterocycles. The van der Waals surface area contributed by atoms with Crippen LogP contribution in [-0.4, -0.2) is 23.8 Å². The summed E-state index contributed by atoms with van der Waals surface area (Å²) < 4.78 is 10.7. The molecule has 118 valence electrons. The molecule has 0 saturated heterocycles. The van der Waals surface area contributed by atoms with Crippen molar-refractivity contribution in [3.63, 3.8) is 0 Å². The van der Waals surface area contributed by atoms with Crippen LogP contribution in [0.25, 0.3) is 0 Å². The fourth-order valence-electron chi connectivity index (χ4n) is 3.11. The summed E-state index contributed by atoms with van der Waals surface area (Å²) in [6, 6.07) is 5.57. The molecule has 1 saturated carbocycles. The third-order valence-corrected chi connectivity index (χ3v) is 4.33. The number of amides is 1. The van der Waals surface area contributed by atoms with Gasteiger partial charge in [0.2, 0.25) is 12.7 Å². The molecular formula is C16H19NO5. The SMILES string of the molecule is O=C(O)C1CCCC(C(=O)NCc2cccc3c2OCO3)C1. The monoisotopic (exact) mass is 305 g/mol. The van der Waals surface area contributed by atoms with E-state index in [1.807, 2.05) is 18.2 Å². The molecule has 2 atom stereocenters. The molecule has 1 amide bonds. The molecule has 0 spiro atoms. The third-order valence-electron chi connectivity index (χ3n) is 4.33. The van der Waals surface area contributed by atoms with Gasteiger partial charge in [0.1, 0.15) is 0 Å². The number of para-hydroxylation sites is 1. The smallest absolute Gasteiger partial charge is 0.306 e. The normalized spacial score (nSPS) is 23.1. The Labute approximate surface area is 128 Å². The Kier molecular flexibility index (Phi) is 4.18. The van der Waals surface area contributed by atoms with Gasteiger partial charge in [0.05, 0.1) is 5.92 Å². The molecule has 0 aromatic heterocycles. The van der Waals surface area contributed by atoms with E-state index in [4.69, 9.17) is 14.6 Å². The quantitative estimate of drug-likeness (QED) is 0.887. The summed E-state index contributed by atoms with van der Waals surface area (Å²) in [4.78, 5) is 23.3. The standard InChI is InChI=1S/C16H19NO5/c18-15(10-3-1-4-11(7-10)16(19)20)17-8-12-5-2-6-13-14(12)22-9-21-13/h2,5-6,10-11H,1,3-4,7-9H2,(H,17,18)(H,19,20). The van der Waals surface area contributed by atoms with E-state index >= 15 is 0 Å². The van der Waals surface area contributed by atoms with Crippen LogP contribution >= 0.6 is 0 Å². The second kappa shape index (κ2) is 6.25. The van der Waals surface area contributed by atoms with E-state index in [-0.39, 0.29) is 18.6 Å². The fraction of sp³-hybridized carbons (Fsp3) is 0.500. The second-order valence-corrected chi connectivity index (χ2v) is 5.77. The minimum absolute atomic E-state index is 0.0810. The molecule has 6 heteroatoms. The number of carbonyl (C=O) groups is 2. The van der Waals surface area contributed by atoms with Crippen molar-refractivity contribution >= 4 is 11.9 Å². The number of nitrogens with one attached hydrogen (secondary N) is 1. The third kappa shape index (κ3) is 3.00. The van der Waals surface area contributed by atoms with Crippen molar-refractivity contribution in [1.82, 2.24) is 5.32 Å². The van der Waals surface area contributed by atoms with Gasteiger partial charge in [0.25, 0.3) is 0 Å². The molecule has 1 aromatic carbocycles. The van der Waals surface area contributed by atoms with Crippen molar-refractivity contribution in [3.8, 4) is 11.5 Å². The van der Waals surface area contributed by atoms with Crippen LogP contribution in [0.3, 0.4) is 0 Å². The van der Waals surface area contributed by atoms with Gasteiger partial charge in [0, 0.05) is 18.0 Å². The van der Waals surface area contributed by atoms with E-state index in [0.717, 1.165) is 18.4 Å². The highest BCUT2D eigenvalue weighted by molar-refractivity contribution is 5.80. The lowest BCUT2D eigenvalue weighted by atomic mass is 9.81. The molecule has 0 bridgehead atoms. The largest absolute Gasteiger partial charge is 0.481 e. The predicted octanol–water partition coefficient (Wildman–Crippen LogP) is 1.92. The molecular weight excluding hydrogens is 286 g/mol. The number of fused-ring (bicyclic) bond motifs is 1. The first-order chi connectivity index (χ1) is 10.6. The van der Waals surface area contributed by atoms with Crippen molar-refractivity contribution in [1.29, 1.82) is 0 Å². The number of hydrogen-bond acceptors (Lipinski definition) is 4. The van der Waals surface area contributed by atoms with Crippen LogP contribution in [0.1, 0.15) is 31.2 Å². The van der Waals surface area contributed by atoms with Crippen molar-refractivity contribution in [2.24, 2.45) is 11.8 Å². The van der Waals surface area contributed by atoms with Gasteiger partial charge in [-0.15, -0.1) is 0 Å². The number of ether oxygens (including phenoxy) is 2. The summed E-state index contributed by atoms with van der Waals surface area (Å²) in [7, 11) is 0. The first-order valence-corrected chi connectivity index (χ1v) is 7.53. The van der Waals surface area contributed by atoms with E-state index in [0.29, 0.717) is 30.9 Å². The van der Waals surface area contributed by atoms with Gasteiger partial charge in [-0.05, 0) is 25.3 Å². The Hall–Kier alpha value is -2.24. The molecule has 2 unspecified atom stereocenters. The minimum Gasteiger partial charge on any atom is -0.481 e. The highest BCUT2D eigenvalue weighted by Crippen LogP contribution is 2.35. The summed E-state index contributed by atoms with van der Waals surface area (Å²) in [5.41, 5.74) is 0.869. The lowest BCUT2D eigenvalue weighted by Gasteiger charge is -2.25. The van der Waals surface area contributed by atoms with E-state index in [9.17, 15) is 9.59 Å². The van der Waals surface area contributed by atoms with Crippen molar-refractivity contribution in [2.75, 3.05) is 6.79 Å². The van der Waals surface area contributed by atoms with Crippen LogP contribution in [0.15, 0.2) is 18.2 Å². The zero-order valence-corrected chi connectivity index (χ0v) is 12.2. The van der Waals surface area contributed by atoms with Gasteiger partial charge in [-0.2, -0.15) is 0 Å². The number of rotatable bonds is 4. The predicted molar refractivity (Wildman–Crippen MR) is 77.5 cm³/mol. The Morgan fingerprint density at radius 3 is 2.86 bits per heavy atom. The molecule has 1 aliphatic carbocycles.